The SMILES string of the molecule is O=C(Cc1csc(-c2cccc(F)c2)n1)NC1CCc2ccccc21. The van der Waals surface area contributed by atoms with Crippen LogP contribution >= 0.6 is 11.3 Å². The molecule has 1 N–H and O–H groups in total. The first-order chi connectivity index (χ1) is 12.2. The largest absolute Gasteiger partial charge is 0.349 e. The number of rotatable bonds is 4. The van der Waals surface area contributed by atoms with E-state index in [0.29, 0.717) is 5.69 Å². The first-order valence-corrected chi connectivity index (χ1v) is 9.14. The minimum Gasteiger partial charge on any atom is -0.349 e. The van der Waals surface area contributed by atoms with Gasteiger partial charge in [-0.3, -0.25) is 4.79 Å². The number of amides is 1. The molecule has 1 atom stereocenters. The van der Waals surface area contributed by atoms with Gasteiger partial charge in [0.25, 0.3) is 0 Å². The van der Waals surface area contributed by atoms with Crippen LogP contribution in [0.2, 0.25) is 0 Å². The summed E-state index contributed by atoms with van der Waals surface area (Å²) < 4.78 is 13.3. The van der Waals surface area contributed by atoms with Crippen LogP contribution in [0.15, 0.2) is 53.9 Å². The highest BCUT2D eigenvalue weighted by Gasteiger charge is 2.23. The number of nitrogens with zero attached hydrogens (tertiary/aromatic N) is 1. The molecule has 0 saturated heterocycles. The summed E-state index contributed by atoms with van der Waals surface area (Å²) in [6, 6.07) is 14.7. The Morgan fingerprint density at radius 1 is 1.24 bits per heavy atom. The number of carbonyl (C=O) groups excluding carboxylic acids is 1. The van der Waals surface area contributed by atoms with Gasteiger partial charge in [-0.15, -0.1) is 11.3 Å². The van der Waals surface area contributed by atoms with E-state index in [1.165, 1.54) is 34.6 Å². The fourth-order valence-electron chi connectivity index (χ4n) is 3.26. The van der Waals surface area contributed by atoms with Gasteiger partial charge >= 0.3 is 0 Å². The topological polar surface area (TPSA) is 42.0 Å². The number of aromatic nitrogens is 1. The van der Waals surface area contributed by atoms with Crippen LogP contribution in [0, 0.1) is 5.82 Å². The molecule has 3 aromatic rings. The van der Waals surface area contributed by atoms with E-state index in [2.05, 4.69) is 22.4 Å². The van der Waals surface area contributed by atoms with Crippen LogP contribution in [0.25, 0.3) is 10.6 Å². The average Bonchev–Trinajstić information content (AvgIpc) is 3.23. The molecular formula is C20H17FN2OS. The lowest BCUT2D eigenvalue weighted by Gasteiger charge is -2.13. The van der Waals surface area contributed by atoms with Crippen molar-refractivity contribution in [2.24, 2.45) is 0 Å². The monoisotopic (exact) mass is 352 g/mol. The van der Waals surface area contributed by atoms with Crippen LogP contribution in [-0.4, -0.2) is 10.9 Å². The molecule has 1 heterocycles. The van der Waals surface area contributed by atoms with Gasteiger partial charge in [0.2, 0.25) is 5.91 Å². The molecule has 126 valence electrons. The van der Waals surface area contributed by atoms with Crippen molar-refractivity contribution in [1.29, 1.82) is 0 Å². The molecule has 3 nitrogen and oxygen atoms in total. The van der Waals surface area contributed by atoms with E-state index in [1.807, 2.05) is 23.6 Å². The zero-order valence-corrected chi connectivity index (χ0v) is 14.4. The van der Waals surface area contributed by atoms with Gasteiger partial charge in [0.15, 0.2) is 0 Å². The van der Waals surface area contributed by atoms with Gasteiger partial charge in [0.05, 0.1) is 18.2 Å². The number of nitrogens with one attached hydrogen (secondary N) is 1. The third-order valence-corrected chi connectivity index (χ3v) is 5.37. The molecule has 4 rings (SSSR count). The van der Waals surface area contributed by atoms with Crippen LogP contribution in [-0.2, 0) is 17.6 Å². The van der Waals surface area contributed by atoms with Crippen LogP contribution in [0.3, 0.4) is 0 Å². The number of halogens is 1. The van der Waals surface area contributed by atoms with Gasteiger partial charge in [-0.2, -0.15) is 0 Å². The Kier molecular flexibility index (Phi) is 4.32. The summed E-state index contributed by atoms with van der Waals surface area (Å²) in [6.45, 7) is 0. The summed E-state index contributed by atoms with van der Waals surface area (Å²) >= 11 is 1.43. The van der Waals surface area contributed by atoms with Crippen molar-refractivity contribution in [2.45, 2.75) is 25.3 Å². The number of thiazole rings is 1. The van der Waals surface area contributed by atoms with E-state index < -0.39 is 0 Å². The molecule has 0 fully saturated rings. The Morgan fingerprint density at radius 3 is 3.00 bits per heavy atom. The molecule has 25 heavy (non-hydrogen) atoms. The number of hydrogen-bond acceptors (Lipinski definition) is 3. The third-order valence-electron chi connectivity index (χ3n) is 4.43. The van der Waals surface area contributed by atoms with E-state index in [-0.39, 0.29) is 24.2 Å². The van der Waals surface area contributed by atoms with Gasteiger partial charge < -0.3 is 5.32 Å². The van der Waals surface area contributed by atoms with Gasteiger partial charge in [0, 0.05) is 10.9 Å². The first-order valence-electron chi connectivity index (χ1n) is 8.26. The number of hydrogen-bond donors (Lipinski definition) is 1. The maximum absolute atomic E-state index is 13.3. The third kappa shape index (κ3) is 3.46. The molecule has 0 bridgehead atoms. The second kappa shape index (κ2) is 6.76. The second-order valence-electron chi connectivity index (χ2n) is 6.19. The van der Waals surface area contributed by atoms with Crippen LogP contribution in [0.1, 0.15) is 29.3 Å². The lowest BCUT2D eigenvalue weighted by Crippen LogP contribution is -2.28. The minimum absolute atomic E-state index is 0.0298. The van der Waals surface area contributed by atoms with Gasteiger partial charge in [0.1, 0.15) is 10.8 Å². The highest BCUT2D eigenvalue weighted by atomic mass is 32.1. The Bertz CT molecular complexity index is 921. The van der Waals surface area contributed by atoms with E-state index >= 15 is 0 Å². The Balaban J connectivity index is 1.42. The Labute approximate surface area is 149 Å². The smallest absolute Gasteiger partial charge is 0.226 e. The van der Waals surface area contributed by atoms with Crippen LogP contribution in [0.5, 0.6) is 0 Å². The van der Waals surface area contributed by atoms with Crippen molar-refractivity contribution >= 4 is 17.2 Å². The molecule has 1 amide bonds. The highest BCUT2D eigenvalue weighted by Crippen LogP contribution is 2.31. The fourth-order valence-corrected chi connectivity index (χ4v) is 4.08. The average molecular weight is 352 g/mol. The fraction of sp³-hybridized carbons (Fsp3) is 0.200. The quantitative estimate of drug-likeness (QED) is 0.761. The summed E-state index contributed by atoms with van der Waals surface area (Å²) in [5.74, 6) is -0.315. The number of benzene rings is 2. The standard InChI is InChI=1S/C20H17FN2OS/c21-15-6-3-5-14(10-15)20-22-16(12-25-20)11-19(24)23-18-9-8-13-4-1-2-7-17(13)18/h1-7,10,12,18H,8-9,11H2,(H,23,24). The van der Waals surface area contributed by atoms with Crippen molar-refractivity contribution in [2.75, 3.05) is 0 Å². The summed E-state index contributed by atoms with van der Waals surface area (Å²) in [5, 5.41) is 5.70. The van der Waals surface area contributed by atoms with Gasteiger partial charge in [-0.05, 0) is 36.1 Å². The van der Waals surface area contributed by atoms with E-state index in [4.69, 9.17) is 0 Å². The van der Waals surface area contributed by atoms with Crippen LogP contribution < -0.4 is 5.32 Å². The maximum atomic E-state index is 13.3. The van der Waals surface area contributed by atoms with Crippen molar-refractivity contribution < 1.29 is 9.18 Å². The number of aryl methyl sites for hydroxylation is 1. The van der Waals surface area contributed by atoms with Gasteiger partial charge in [-0.25, -0.2) is 9.37 Å². The molecule has 1 aliphatic rings. The molecule has 0 radical (unpaired) electrons. The molecule has 1 aliphatic carbocycles. The zero-order chi connectivity index (χ0) is 17.2. The molecule has 0 saturated carbocycles. The highest BCUT2D eigenvalue weighted by molar-refractivity contribution is 7.13. The zero-order valence-electron chi connectivity index (χ0n) is 13.5. The van der Waals surface area contributed by atoms with E-state index in [0.717, 1.165) is 23.4 Å². The Morgan fingerprint density at radius 2 is 2.12 bits per heavy atom. The predicted molar refractivity (Wildman–Crippen MR) is 96.9 cm³/mol. The number of carbonyl (C=O) groups is 1. The van der Waals surface area contributed by atoms with E-state index in [9.17, 15) is 9.18 Å². The van der Waals surface area contributed by atoms with Crippen molar-refractivity contribution in [3.8, 4) is 10.6 Å². The molecular weight excluding hydrogens is 335 g/mol. The lowest BCUT2D eigenvalue weighted by molar-refractivity contribution is -0.121. The summed E-state index contributed by atoms with van der Waals surface area (Å²) in [5.41, 5.74) is 3.99. The van der Waals surface area contributed by atoms with Gasteiger partial charge in [-0.1, -0.05) is 36.4 Å². The molecule has 1 unspecified atom stereocenters. The van der Waals surface area contributed by atoms with Crippen molar-refractivity contribution in [3.63, 3.8) is 0 Å². The summed E-state index contributed by atoms with van der Waals surface area (Å²) in [6.07, 6.45) is 2.18. The molecule has 5 heteroatoms. The molecule has 0 aliphatic heterocycles. The first kappa shape index (κ1) is 16.0. The Hall–Kier alpha value is -2.53. The van der Waals surface area contributed by atoms with Crippen LogP contribution in [0.4, 0.5) is 4.39 Å². The second-order valence-corrected chi connectivity index (χ2v) is 7.05. The maximum Gasteiger partial charge on any atom is 0.226 e. The predicted octanol–water partition coefficient (Wildman–Crippen LogP) is 4.30. The van der Waals surface area contributed by atoms with Crippen molar-refractivity contribution in [3.05, 3.63) is 76.5 Å². The normalized spacial score (nSPS) is 15.8. The molecule has 2 aromatic carbocycles. The lowest BCUT2D eigenvalue weighted by atomic mass is 10.1. The summed E-state index contributed by atoms with van der Waals surface area (Å²) in [7, 11) is 0. The minimum atomic E-state index is -0.285. The molecule has 0 spiro atoms. The van der Waals surface area contributed by atoms with Crippen molar-refractivity contribution in [1.82, 2.24) is 10.3 Å². The number of fused-ring (bicyclic) bond motifs is 1. The molecule has 1 aromatic heterocycles. The van der Waals surface area contributed by atoms with E-state index in [1.54, 1.807) is 6.07 Å². The summed E-state index contributed by atoms with van der Waals surface area (Å²) in [4.78, 5) is 16.8.